The standard InChI is InChI=1S/C13H18Cl2N2O2.ClH/c1-7(2)16-17-13(18)9-5-10(14)12(11(15)6-9)19-8(3)4;/h5-8,16H,1-4H3,(H,17,18);1H. The fourth-order valence-electron chi connectivity index (χ4n) is 1.32. The number of carbonyl (C=O) groups is 1. The van der Waals surface area contributed by atoms with E-state index in [9.17, 15) is 4.79 Å². The Labute approximate surface area is 135 Å². The molecule has 0 heterocycles. The summed E-state index contributed by atoms with van der Waals surface area (Å²) in [5.41, 5.74) is 5.75. The van der Waals surface area contributed by atoms with Crippen LogP contribution in [0.25, 0.3) is 0 Å². The topological polar surface area (TPSA) is 50.4 Å². The van der Waals surface area contributed by atoms with Crippen molar-refractivity contribution in [1.82, 2.24) is 10.9 Å². The van der Waals surface area contributed by atoms with E-state index in [2.05, 4.69) is 10.9 Å². The van der Waals surface area contributed by atoms with Crippen molar-refractivity contribution in [3.05, 3.63) is 27.7 Å². The number of hydrogen-bond acceptors (Lipinski definition) is 3. The van der Waals surface area contributed by atoms with Crippen LogP contribution in [0.3, 0.4) is 0 Å². The van der Waals surface area contributed by atoms with Crippen molar-refractivity contribution in [2.24, 2.45) is 0 Å². The molecule has 1 amide bonds. The number of halogens is 3. The normalized spacial score (nSPS) is 10.4. The van der Waals surface area contributed by atoms with Gasteiger partial charge in [0.25, 0.3) is 5.91 Å². The van der Waals surface area contributed by atoms with Crippen molar-refractivity contribution in [2.75, 3.05) is 0 Å². The highest BCUT2D eigenvalue weighted by molar-refractivity contribution is 6.37. The maximum absolute atomic E-state index is 11.9. The smallest absolute Gasteiger partial charge is 0.265 e. The Balaban J connectivity index is 0.00000361. The zero-order valence-corrected chi connectivity index (χ0v) is 14.1. The molecule has 1 aromatic carbocycles. The molecule has 2 N–H and O–H groups in total. The molecule has 1 rings (SSSR count). The van der Waals surface area contributed by atoms with E-state index in [0.29, 0.717) is 21.4 Å². The Morgan fingerprint density at radius 2 is 1.65 bits per heavy atom. The molecule has 0 aliphatic heterocycles. The lowest BCUT2D eigenvalue weighted by Gasteiger charge is -2.15. The van der Waals surface area contributed by atoms with E-state index in [4.69, 9.17) is 27.9 Å². The van der Waals surface area contributed by atoms with E-state index in [-0.39, 0.29) is 30.5 Å². The van der Waals surface area contributed by atoms with Crippen LogP contribution in [0.15, 0.2) is 12.1 Å². The summed E-state index contributed by atoms with van der Waals surface area (Å²) in [6.07, 6.45) is -0.0442. The molecular weight excluding hydrogens is 323 g/mol. The van der Waals surface area contributed by atoms with Gasteiger partial charge in [-0.1, -0.05) is 23.2 Å². The fraction of sp³-hybridized carbons (Fsp3) is 0.462. The molecule has 1 aromatic rings. The Hall–Kier alpha value is -0.680. The lowest BCUT2D eigenvalue weighted by atomic mass is 10.2. The molecule has 0 atom stereocenters. The monoisotopic (exact) mass is 340 g/mol. The van der Waals surface area contributed by atoms with Gasteiger partial charge in [-0.15, -0.1) is 12.4 Å². The van der Waals surface area contributed by atoms with E-state index in [0.717, 1.165) is 0 Å². The maximum Gasteiger partial charge on any atom is 0.265 e. The Bertz CT molecular complexity index is 442. The first-order valence-electron chi connectivity index (χ1n) is 6.02. The number of amides is 1. The molecule has 7 heteroatoms. The lowest BCUT2D eigenvalue weighted by Crippen LogP contribution is -2.41. The molecule has 0 aromatic heterocycles. The van der Waals surface area contributed by atoms with Crippen LogP contribution in [-0.2, 0) is 0 Å². The van der Waals surface area contributed by atoms with Crippen LogP contribution in [-0.4, -0.2) is 18.1 Å². The third kappa shape index (κ3) is 5.75. The van der Waals surface area contributed by atoms with Crippen LogP contribution in [0.1, 0.15) is 38.1 Å². The fourth-order valence-corrected chi connectivity index (χ4v) is 1.90. The molecule has 0 unspecified atom stereocenters. The summed E-state index contributed by atoms with van der Waals surface area (Å²) in [6, 6.07) is 3.20. The van der Waals surface area contributed by atoms with Gasteiger partial charge in [0, 0.05) is 11.6 Å². The first-order chi connectivity index (χ1) is 8.81. The van der Waals surface area contributed by atoms with Gasteiger partial charge in [-0.05, 0) is 39.8 Å². The van der Waals surface area contributed by atoms with E-state index < -0.39 is 0 Å². The van der Waals surface area contributed by atoms with Gasteiger partial charge in [0.15, 0.2) is 5.75 Å². The van der Waals surface area contributed by atoms with Crippen molar-refractivity contribution in [2.45, 2.75) is 39.8 Å². The molecule has 0 saturated heterocycles. The lowest BCUT2D eigenvalue weighted by molar-refractivity contribution is 0.0927. The van der Waals surface area contributed by atoms with Crippen LogP contribution < -0.4 is 15.6 Å². The molecule has 0 aliphatic carbocycles. The molecule has 0 fully saturated rings. The zero-order chi connectivity index (χ0) is 14.6. The third-order valence-corrected chi connectivity index (χ3v) is 2.65. The quantitative estimate of drug-likeness (QED) is 0.800. The molecule has 0 aliphatic rings. The highest BCUT2D eigenvalue weighted by atomic mass is 35.5. The number of benzene rings is 1. The molecule has 114 valence electrons. The summed E-state index contributed by atoms with van der Waals surface area (Å²) in [6.45, 7) is 7.58. The van der Waals surface area contributed by atoms with E-state index in [1.54, 1.807) is 0 Å². The van der Waals surface area contributed by atoms with Gasteiger partial charge in [0.1, 0.15) is 0 Å². The minimum absolute atomic E-state index is 0. The molecule has 4 nitrogen and oxygen atoms in total. The summed E-state index contributed by atoms with van der Waals surface area (Å²) in [4.78, 5) is 11.9. The molecule has 0 bridgehead atoms. The van der Waals surface area contributed by atoms with Gasteiger partial charge in [-0.2, -0.15) is 0 Å². The predicted molar refractivity (Wildman–Crippen MR) is 85.2 cm³/mol. The summed E-state index contributed by atoms with van der Waals surface area (Å²) in [5, 5.41) is 0.631. The van der Waals surface area contributed by atoms with Crippen molar-refractivity contribution < 1.29 is 9.53 Å². The third-order valence-electron chi connectivity index (χ3n) is 2.09. The number of carbonyl (C=O) groups excluding carboxylic acids is 1. The van der Waals surface area contributed by atoms with Crippen LogP contribution in [0.4, 0.5) is 0 Å². The average Bonchev–Trinajstić information content (AvgIpc) is 2.30. The van der Waals surface area contributed by atoms with Crippen LogP contribution in [0, 0.1) is 0 Å². The number of nitrogens with one attached hydrogen (secondary N) is 2. The Morgan fingerprint density at radius 1 is 1.15 bits per heavy atom. The first-order valence-corrected chi connectivity index (χ1v) is 6.78. The van der Waals surface area contributed by atoms with Crippen molar-refractivity contribution in [3.63, 3.8) is 0 Å². The molecule has 0 spiro atoms. The Morgan fingerprint density at radius 3 is 2.05 bits per heavy atom. The minimum Gasteiger partial charge on any atom is -0.488 e. The second-order valence-corrected chi connectivity index (χ2v) is 5.50. The van der Waals surface area contributed by atoms with E-state index in [1.165, 1.54) is 12.1 Å². The van der Waals surface area contributed by atoms with Gasteiger partial charge in [-0.3, -0.25) is 10.2 Å². The van der Waals surface area contributed by atoms with Gasteiger partial charge in [0.2, 0.25) is 0 Å². The zero-order valence-electron chi connectivity index (χ0n) is 11.8. The molecule has 20 heavy (non-hydrogen) atoms. The highest BCUT2D eigenvalue weighted by Crippen LogP contribution is 2.34. The highest BCUT2D eigenvalue weighted by Gasteiger charge is 2.15. The van der Waals surface area contributed by atoms with E-state index in [1.807, 2.05) is 27.7 Å². The maximum atomic E-state index is 11.9. The van der Waals surface area contributed by atoms with Crippen LogP contribution >= 0.6 is 35.6 Å². The number of hydrazine groups is 1. The largest absolute Gasteiger partial charge is 0.488 e. The molecular formula is C13H19Cl3N2O2. The van der Waals surface area contributed by atoms with Crippen LogP contribution in [0.5, 0.6) is 5.75 Å². The van der Waals surface area contributed by atoms with Crippen molar-refractivity contribution in [1.29, 1.82) is 0 Å². The SMILES string of the molecule is CC(C)NNC(=O)c1cc(Cl)c(OC(C)C)c(Cl)c1.Cl. The summed E-state index contributed by atoms with van der Waals surface area (Å²) >= 11 is 12.2. The van der Waals surface area contributed by atoms with Gasteiger partial charge in [-0.25, -0.2) is 5.43 Å². The average molecular weight is 342 g/mol. The minimum atomic E-state index is -0.298. The second-order valence-electron chi connectivity index (χ2n) is 4.69. The van der Waals surface area contributed by atoms with Crippen molar-refractivity contribution in [3.8, 4) is 5.75 Å². The summed E-state index contributed by atoms with van der Waals surface area (Å²) in [7, 11) is 0. The first kappa shape index (κ1) is 19.3. The van der Waals surface area contributed by atoms with Gasteiger partial charge < -0.3 is 4.74 Å². The van der Waals surface area contributed by atoms with Crippen molar-refractivity contribution >= 4 is 41.5 Å². The van der Waals surface area contributed by atoms with Gasteiger partial charge in [0.05, 0.1) is 16.1 Å². The Kier molecular flexibility index (Phi) is 8.28. The summed E-state index contributed by atoms with van der Waals surface area (Å²) in [5.74, 6) is 0.0975. The second kappa shape index (κ2) is 8.57. The summed E-state index contributed by atoms with van der Waals surface area (Å²) < 4.78 is 5.50. The van der Waals surface area contributed by atoms with Crippen LogP contribution in [0.2, 0.25) is 10.0 Å². The number of hydrogen-bond donors (Lipinski definition) is 2. The number of rotatable bonds is 5. The molecule has 0 radical (unpaired) electrons. The van der Waals surface area contributed by atoms with E-state index >= 15 is 0 Å². The predicted octanol–water partition coefficient (Wildman–Crippen LogP) is 3.85. The van der Waals surface area contributed by atoms with Gasteiger partial charge >= 0.3 is 0 Å². The number of ether oxygens (including phenoxy) is 1. The molecule has 0 saturated carbocycles.